The molecule has 2 aromatic carbocycles. The van der Waals surface area contributed by atoms with E-state index in [1.54, 1.807) is 12.1 Å². The van der Waals surface area contributed by atoms with Gasteiger partial charge in [-0.2, -0.15) is 13.5 Å². The number of nitro groups is 1. The van der Waals surface area contributed by atoms with Gasteiger partial charge in [0, 0.05) is 6.07 Å². The Kier molecular flexibility index (Phi) is 8.86. The van der Waals surface area contributed by atoms with Gasteiger partial charge in [-0.15, -0.1) is 5.17 Å². The number of benzene rings is 2. The second-order valence-corrected chi connectivity index (χ2v) is 7.12. The average Bonchev–Trinajstić information content (AvgIpc) is 2.70. The van der Waals surface area contributed by atoms with E-state index in [0.717, 1.165) is 11.8 Å². The van der Waals surface area contributed by atoms with Gasteiger partial charge in [-0.25, -0.2) is 0 Å². The molecule has 31 heavy (non-hydrogen) atoms. The van der Waals surface area contributed by atoms with Crippen molar-refractivity contribution < 1.29 is 32.6 Å². The van der Waals surface area contributed by atoms with Crippen molar-refractivity contribution in [1.29, 1.82) is 5.41 Å². The highest BCUT2D eigenvalue weighted by Crippen LogP contribution is 2.35. The summed E-state index contributed by atoms with van der Waals surface area (Å²) in [7, 11) is -1.34. The number of ether oxygens (including phenoxy) is 2. The van der Waals surface area contributed by atoms with Crippen LogP contribution in [0.5, 0.6) is 11.5 Å². The third-order valence-corrected chi connectivity index (χ3v) is 4.46. The van der Waals surface area contributed by atoms with Crippen molar-refractivity contribution >= 4 is 28.0 Å². The molecule has 5 N–H and O–H groups in total. The Labute approximate surface area is 177 Å². The Morgan fingerprint density at radius 1 is 1.23 bits per heavy atom. The summed E-state index contributed by atoms with van der Waals surface area (Å²) < 4.78 is 39.6. The van der Waals surface area contributed by atoms with E-state index in [9.17, 15) is 18.5 Å². The molecule has 0 aromatic heterocycles. The molecule has 0 fully saturated rings. The van der Waals surface area contributed by atoms with Crippen molar-refractivity contribution in [2.24, 2.45) is 10.8 Å². The van der Waals surface area contributed by atoms with Crippen molar-refractivity contribution in [3.05, 3.63) is 57.6 Å². The maximum Gasteiger partial charge on any atom is 0.294 e. The Bertz CT molecular complexity index is 1070. The summed E-state index contributed by atoms with van der Waals surface area (Å²) in [6.45, 7) is 1.84. The van der Waals surface area contributed by atoms with Gasteiger partial charge in [-0.1, -0.05) is 17.7 Å². The zero-order valence-electron chi connectivity index (χ0n) is 16.7. The lowest BCUT2D eigenvalue weighted by atomic mass is 10.1. The highest BCUT2D eigenvalue weighted by atomic mass is 32.2. The molecule has 0 aliphatic heterocycles. The van der Waals surface area contributed by atoms with Crippen LogP contribution in [-0.2, 0) is 10.1 Å². The maximum absolute atomic E-state index is 11.0. The van der Waals surface area contributed by atoms with Crippen molar-refractivity contribution in [3.8, 4) is 11.5 Å². The van der Waals surface area contributed by atoms with Crippen LogP contribution in [0.1, 0.15) is 11.1 Å². The normalized spacial score (nSPS) is 10.7. The fourth-order valence-corrected chi connectivity index (χ4v) is 2.59. The first kappa shape index (κ1) is 25.3. The summed E-state index contributed by atoms with van der Waals surface area (Å²) in [6.07, 6.45) is 0.945. The van der Waals surface area contributed by atoms with Crippen molar-refractivity contribution in [3.63, 3.8) is 0 Å². The van der Waals surface area contributed by atoms with E-state index in [1.807, 2.05) is 6.92 Å². The van der Waals surface area contributed by atoms with Crippen LogP contribution in [0, 0.1) is 22.4 Å². The number of hydrogen-bond donors (Lipinski definition) is 4. The van der Waals surface area contributed by atoms with Crippen LogP contribution in [-0.4, -0.2) is 54.7 Å². The van der Waals surface area contributed by atoms with Gasteiger partial charge in [0.25, 0.3) is 15.8 Å². The Morgan fingerprint density at radius 2 is 1.81 bits per heavy atom. The molecule has 0 saturated carbocycles. The summed E-state index contributed by atoms with van der Waals surface area (Å²) in [5.41, 5.74) is 5.60. The Morgan fingerprint density at radius 3 is 2.23 bits per heavy atom. The third kappa shape index (κ3) is 7.22. The number of guanidine groups is 1. The fourth-order valence-electron chi connectivity index (χ4n) is 2.11. The lowest BCUT2D eigenvalue weighted by Gasteiger charge is -2.11. The van der Waals surface area contributed by atoms with Crippen LogP contribution in [0.25, 0.3) is 0 Å². The predicted molar refractivity (Wildman–Crippen MR) is 110 cm³/mol. The molecule has 168 valence electrons. The van der Waals surface area contributed by atoms with Crippen LogP contribution >= 0.6 is 0 Å². The SMILES string of the molecule is COc1ccc([N+](=O)[O-])c(C=NN(O)C(=N)N)c1OC.Cc1ccc(S(=O)(=O)O)cc1. The molecule has 0 spiro atoms. The first-order valence-electron chi connectivity index (χ1n) is 8.22. The lowest BCUT2D eigenvalue weighted by molar-refractivity contribution is -0.385. The highest BCUT2D eigenvalue weighted by Gasteiger charge is 2.21. The van der Waals surface area contributed by atoms with E-state index in [4.69, 9.17) is 30.4 Å². The van der Waals surface area contributed by atoms with Gasteiger partial charge in [0.1, 0.15) is 5.56 Å². The van der Waals surface area contributed by atoms with Crippen LogP contribution in [0.2, 0.25) is 0 Å². The Balaban J connectivity index is 0.000000367. The molecule has 0 aliphatic carbocycles. The smallest absolute Gasteiger partial charge is 0.294 e. The van der Waals surface area contributed by atoms with Gasteiger partial charge in [-0.3, -0.25) is 25.3 Å². The summed E-state index contributed by atoms with van der Waals surface area (Å²) in [5.74, 6) is -0.417. The number of nitrogens with one attached hydrogen (secondary N) is 1. The zero-order chi connectivity index (χ0) is 23.8. The molecular formula is C17H21N5O8S. The second-order valence-electron chi connectivity index (χ2n) is 5.70. The first-order chi connectivity index (χ1) is 14.4. The van der Waals surface area contributed by atoms with Crippen LogP contribution in [0.15, 0.2) is 46.4 Å². The lowest BCUT2D eigenvalue weighted by Crippen LogP contribution is -2.29. The molecule has 14 heteroatoms. The number of nitro benzene ring substituents is 1. The minimum absolute atomic E-state index is 0.0304. The summed E-state index contributed by atoms with van der Waals surface area (Å²) in [6, 6.07) is 8.57. The van der Waals surface area contributed by atoms with Gasteiger partial charge < -0.3 is 15.2 Å². The number of methoxy groups -OCH3 is 2. The highest BCUT2D eigenvalue weighted by molar-refractivity contribution is 7.85. The number of nitrogens with two attached hydrogens (primary N) is 1. The van der Waals surface area contributed by atoms with Crippen molar-refractivity contribution in [1.82, 2.24) is 5.17 Å². The van der Waals surface area contributed by atoms with E-state index in [-0.39, 0.29) is 32.8 Å². The molecule has 2 rings (SSSR count). The van der Waals surface area contributed by atoms with Crippen molar-refractivity contribution in [2.75, 3.05) is 14.2 Å². The second kappa shape index (κ2) is 10.9. The molecule has 0 unspecified atom stereocenters. The standard InChI is InChI=1S/C10H13N5O5.C7H8O3S/c1-19-8-4-3-7(15(17)18)6(9(8)20-2)5-13-14(16)10(11)12;1-6-2-4-7(5-3-6)11(8,9)10/h3-5,16H,1-2H3,(H3,11,12);2-5H,1H3,(H,8,9,10). The maximum atomic E-state index is 11.0. The molecule has 0 saturated heterocycles. The number of nitrogens with zero attached hydrogens (tertiary/aromatic N) is 3. The van der Waals surface area contributed by atoms with Gasteiger partial charge >= 0.3 is 0 Å². The molecular weight excluding hydrogens is 434 g/mol. The molecule has 0 bridgehead atoms. The molecule has 0 atom stereocenters. The van der Waals surface area contributed by atoms with Crippen LogP contribution in [0.3, 0.4) is 0 Å². The molecule has 2 aromatic rings. The number of aryl methyl sites for hydroxylation is 1. The molecule has 13 nitrogen and oxygen atoms in total. The molecule has 0 amide bonds. The van der Waals surface area contributed by atoms with E-state index in [1.165, 1.54) is 38.5 Å². The summed E-state index contributed by atoms with van der Waals surface area (Å²) in [4.78, 5) is 10.3. The monoisotopic (exact) mass is 455 g/mol. The van der Waals surface area contributed by atoms with Crippen LogP contribution < -0.4 is 15.2 Å². The summed E-state index contributed by atoms with van der Waals surface area (Å²) >= 11 is 0. The average molecular weight is 455 g/mol. The molecule has 0 aliphatic rings. The number of hydrazone groups is 1. The number of hydrogen-bond acceptors (Lipinski definition) is 9. The first-order valence-corrected chi connectivity index (χ1v) is 9.66. The minimum Gasteiger partial charge on any atom is -0.493 e. The number of hydroxylamine groups is 1. The predicted octanol–water partition coefficient (Wildman–Crippen LogP) is 1.77. The van der Waals surface area contributed by atoms with Gasteiger partial charge in [0.05, 0.1) is 30.3 Å². The van der Waals surface area contributed by atoms with Crippen LogP contribution in [0.4, 0.5) is 5.69 Å². The Hall–Kier alpha value is -3.75. The molecule has 0 heterocycles. The quantitative estimate of drug-likeness (QED) is 0.163. The van der Waals surface area contributed by atoms with E-state index >= 15 is 0 Å². The van der Waals surface area contributed by atoms with Gasteiger partial charge in [0.2, 0.25) is 5.96 Å². The van der Waals surface area contributed by atoms with Gasteiger partial charge in [-0.05, 0) is 25.1 Å². The van der Waals surface area contributed by atoms with Gasteiger partial charge in [0.15, 0.2) is 11.5 Å². The minimum atomic E-state index is -4.02. The van der Waals surface area contributed by atoms with Crippen molar-refractivity contribution in [2.45, 2.75) is 11.8 Å². The largest absolute Gasteiger partial charge is 0.493 e. The number of rotatable bonds is 6. The van der Waals surface area contributed by atoms with E-state index in [0.29, 0.717) is 0 Å². The fraction of sp³-hybridized carbons (Fsp3) is 0.176. The zero-order valence-corrected chi connectivity index (χ0v) is 17.5. The third-order valence-electron chi connectivity index (χ3n) is 3.59. The topological polar surface area (TPSA) is 202 Å². The van der Waals surface area contributed by atoms with E-state index in [2.05, 4.69) is 5.10 Å². The molecule has 0 radical (unpaired) electrons. The van der Waals surface area contributed by atoms with E-state index < -0.39 is 21.0 Å². The summed E-state index contributed by atoms with van der Waals surface area (Å²) in [5, 5.41) is 30.5.